The van der Waals surface area contributed by atoms with E-state index in [1.165, 1.54) is 4.90 Å². The Labute approximate surface area is 139 Å². The molecule has 0 amide bonds. The van der Waals surface area contributed by atoms with Crippen LogP contribution in [0, 0.1) is 0 Å². The normalized spacial score (nSPS) is 12.0. The van der Waals surface area contributed by atoms with E-state index in [0.717, 1.165) is 37.9 Å². The Balaban J connectivity index is 2.17. The van der Waals surface area contributed by atoms with E-state index in [2.05, 4.69) is 65.6 Å². The van der Waals surface area contributed by atoms with Crippen molar-refractivity contribution in [1.82, 2.24) is 15.5 Å². The Morgan fingerprint density at radius 3 is 2.45 bits per heavy atom. The molecule has 0 unspecified atom stereocenters. The van der Waals surface area contributed by atoms with Crippen LogP contribution in [0.1, 0.15) is 20.8 Å². The number of hydrogen-bond acceptors (Lipinski definition) is 3. The first-order valence-corrected chi connectivity index (χ1v) is 9.02. The third-order valence-electron chi connectivity index (χ3n) is 3.46. The van der Waals surface area contributed by atoms with Crippen LogP contribution in [0.5, 0.6) is 0 Å². The molecule has 0 heterocycles. The van der Waals surface area contributed by atoms with Gasteiger partial charge in [-0.15, -0.1) is 11.8 Å². The van der Waals surface area contributed by atoms with E-state index in [4.69, 9.17) is 0 Å². The number of aliphatic imine (C=N–C) groups is 1. The largest absolute Gasteiger partial charge is 0.356 e. The second-order valence-corrected chi connectivity index (χ2v) is 6.48. The van der Waals surface area contributed by atoms with Crippen molar-refractivity contribution in [2.75, 3.05) is 39.0 Å². The Hall–Kier alpha value is -1.20. The van der Waals surface area contributed by atoms with E-state index in [9.17, 15) is 0 Å². The highest BCUT2D eigenvalue weighted by molar-refractivity contribution is 7.99. The Bertz CT molecular complexity index is 420. The summed E-state index contributed by atoms with van der Waals surface area (Å²) in [5.74, 6) is 1.91. The van der Waals surface area contributed by atoms with Gasteiger partial charge in [-0.3, -0.25) is 9.89 Å². The van der Waals surface area contributed by atoms with Crippen molar-refractivity contribution >= 4 is 17.7 Å². The number of likely N-dealkylation sites (N-methyl/N-ethyl adjacent to an activating group) is 1. The molecule has 4 nitrogen and oxygen atoms in total. The molecule has 0 atom stereocenters. The van der Waals surface area contributed by atoms with Crippen LogP contribution in [-0.4, -0.2) is 55.9 Å². The average Bonchev–Trinajstić information content (AvgIpc) is 2.54. The molecular formula is C17H30N4S. The summed E-state index contributed by atoms with van der Waals surface area (Å²) in [4.78, 5) is 8.01. The average molecular weight is 323 g/mol. The van der Waals surface area contributed by atoms with Crippen molar-refractivity contribution in [3.8, 4) is 0 Å². The summed E-state index contributed by atoms with van der Waals surface area (Å²) in [5.41, 5.74) is 0. The minimum Gasteiger partial charge on any atom is -0.356 e. The molecule has 0 aliphatic carbocycles. The predicted octanol–water partition coefficient (Wildman–Crippen LogP) is 2.67. The van der Waals surface area contributed by atoms with Crippen molar-refractivity contribution in [1.29, 1.82) is 0 Å². The van der Waals surface area contributed by atoms with Gasteiger partial charge in [-0.2, -0.15) is 0 Å². The van der Waals surface area contributed by atoms with Crippen LogP contribution < -0.4 is 10.6 Å². The maximum absolute atomic E-state index is 4.27. The number of guanidine groups is 1. The molecule has 22 heavy (non-hydrogen) atoms. The van der Waals surface area contributed by atoms with Gasteiger partial charge in [0.1, 0.15) is 0 Å². The number of hydrogen-bond donors (Lipinski definition) is 2. The molecule has 0 spiro atoms. The summed E-state index contributed by atoms with van der Waals surface area (Å²) in [6, 6.07) is 11.1. The van der Waals surface area contributed by atoms with Crippen molar-refractivity contribution in [2.24, 2.45) is 4.99 Å². The number of thioether (sulfide) groups is 1. The van der Waals surface area contributed by atoms with Gasteiger partial charge >= 0.3 is 0 Å². The van der Waals surface area contributed by atoms with Gasteiger partial charge in [-0.1, -0.05) is 25.1 Å². The zero-order valence-corrected chi connectivity index (χ0v) is 15.1. The molecule has 0 fully saturated rings. The molecule has 2 N–H and O–H groups in total. The monoisotopic (exact) mass is 322 g/mol. The first-order chi connectivity index (χ1) is 10.7. The summed E-state index contributed by atoms with van der Waals surface area (Å²) in [5, 5.41) is 6.74. The summed E-state index contributed by atoms with van der Waals surface area (Å²) in [6.07, 6.45) is 0. The molecule has 0 aromatic heterocycles. The van der Waals surface area contributed by atoms with Crippen LogP contribution in [0.4, 0.5) is 0 Å². The van der Waals surface area contributed by atoms with Gasteiger partial charge in [0.2, 0.25) is 0 Å². The summed E-state index contributed by atoms with van der Waals surface area (Å²) in [6.45, 7) is 10.6. The molecule has 0 aliphatic heterocycles. The molecule has 0 saturated carbocycles. The third-order valence-corrected chi connectivity index (χ3v) is 4.47. The summed E-state index contributed by atoms with van der Waals surface area (Å²) < 4.78 is 0. The molecule has 5 heteroatoms. The first kappa shape index (κ1) is 18.8. The van der Waals surface area contributed by atoms with Crippen LogP contribution >= 0.6 is 11.8 Å². The number of nitrogens with one attached hydrogen (secondary N) is 2. The highest BCUT2D eigenvalue weighted by atomic mass is 32.2. The fraction of sp³-hybridized carbons (Fsp3) is 0.588. The lowest BCUT2D eigenvalue weighted by atomic mass is 10.3. The molecular weight excluding hydrogens is 292 g/mol. The predicted molar refractivity (Wildman–Crippen MR) is 98.9 cm³/mol. The maximum atomic E-state index is 4.27. The molecule has 1 rings (SSSR count). The number of nitrogens with zero attached hydrogens (tertiary/aromatic N) is 2. The lowest BCUT2D eigenvalue weighted by molar-refractivity contribution is 0.237. The fourth-order valence-corrected chi connectivity index (χ4v) is 2.96. The van der Waals surface area contributed by atoms with E-state index in [1.807, 2.05) is 24.9 Å². The first-order valence-electron chi connectivity index (χ1n) is 8.03. The van der Waals surface area contributed by atoms with Gasteiger partial charge < -0.3 is 10.6 Å². The maximum Gasteiger partial charge on any atom is 0.191 e. The molecule has 1 aromatic carbocycles. The van der Waals surface area contributed by atoms with Crippen LogP contribution in [0.3, 0.4) is 0 Å². The molecule has 124 valence electrons. The minimum atomic E-state index is 0.587. The van der Waals surface area contributed by atoms with E-state index in [0.29, 0.717) is 6.04 Å². The number of rotatable bonds is 9. The highest BCUT2D eigenvalue weighted by Crippen LogP contribution is 2.15. The van der Waals surface area contributed by atoms with Gasteiger partial charge in [0.25, 0.3) is 0 Å². The SMILES string of the molecule is CCN(CCNC(=NC)NCCSc1ccccc1)C(C)C. The third kappa shape index (κ3) is 7.71. The molecule has 0 aliphatic rings. The molecule has 0 bridgehead atoms. The van der Waals surface area contributed by atoms with Crippen molar-refractivity contribution in [3.05, 3.63) is 30.3 Å². The smallest absolute Gasteiger partial charge is 0.191 e. The topological polar surface area (TPSA) is 39.7 Å². The Morgan fingerprint density at radius 2 is 1.86 bits per heavy atom. The molecule has 1 aromatic rings. The van der Waals surface area contributed by atoms with Crippen LogP contribution in [-0.2, 0) is 0 Å². The van der Waals surface area contributed by atoms with E-state index in [1.54, 1.807) is 0 Å². The van der Waals surface area contributed by atoms with Crippen molar-refractivity contribution in [2.45, 2.75) is 31.7 Å². The van der Waals surface area contributed by atoms with Crippen molar-refractivity contribution in [3.63, 3.8) is 0 Å². The van der Waals surface area contributed by atoms with E-state index >= 15 is 0 Å². The minimum absolute atomic E-state index is 0.587. The fourth-order valence-electron chi connectivity index (χ4n) is 2.18. The zero-order chi connectivity index (χ0) is 16.2. The quantitative estimate of drug-likeness (QED) is 0.317. The standard InChI is InChI=1S/C17H30N4S/c1-5-21(15(2)3)13-11-19-17(18-4)20-12-14-22-16-9-7-6-8-10-16/h6-10,15H,5,11-14H2,1-4H3,(H2,18,19,20). The number of benzene rings is 1. The van der Waals surface area contributed by atoms with Gasteiger partial charge in [0.05, 0.1) is 0 Å². The van der Waals surface area contributed by atoms with Crippen molar-refractivity contribution < 1.29 is 0 Å². The summed E-state index contributed by atoms with van der Waals surface area (Å²) in [7, 11) is 1.82. The Morgan fingerprint density at radius 1 is 1.18 bits per heavy atom. The lowest BCUT2D eigenvalue weighted by Gasteiger charge is -2.25. The van der Waals surface area contributed by atoms with Gasteiger partial charge in [0, 0.05) is 43.4 Å². The van der Waals surface area contributed by atoms with Crippen LogP contribution in [0.25, 0.3) is 0 Å². The van der Waals surface area contributed by atoms with Gasteiger partial charge in [0.15, 0.2) is 5.96 Å². The lowest BCUT2D eigenvalue weighted by Crippen LogP contribution is -2.43. The van der Waals surface area contributed by atoms with Gasteiger partial charge in [-0.25, -0.2) is 0 Å². The second-order valence-electron chi connectivity index (χ2n) is 5.31. The van der Waals surface area contributed by atoms with Crippen LogP contribution in [0.15, 0.2) is 40.2 Å². The highest BCUT2D eigenvalue weighted by Gasteiger charge is 2.06. The Kier molecular flexibility index (Phi) is 9.75. The zero-order valence-electron chi connectivity index (χ0n) is 14.3. The summed E-state index contributed by atoms with van der Waals surface area (Å²) >= 11 is 1.86. The van der Waals surface area contributed by atoms with Crippen LogP contribution in [0.2, 0.25) is 0 Å². The van der Waals surface area contributed by atoms with Gasteiger partial charge in [-0.05, 0) is 32.5 Å². The van der Waals surface area contributed by atoms with E-state index < -0.39 is 0 Å². The second kappa shape index (κ2) is 11.4. The molecule has 0 saturated heterocycles. The molecule has 0 radical (unpaired) electrons. The van der Waals surface area contributed by atoms with E-state index in [-0.39, 0.29) is 0 Å².